The lowest BCUT2D eigenvalue weighted by Gasteiger charge is -2.32. The number of nitrogens with zero attached hydrogens (tertiary/aromatic N) is 5. The number of rotatable bonds is 7. The van der Waals surface area contributed by atoms with Gasteiger partial charge in [0.1, 0.15) is 42.0 Å². The average Bonchev–Trinajstić information content (AvgIpc) is 3.19. The van der Waals surface area contributed by atoms with Gasteiger partial charge in [-0.3, -0.25) is 9.28 Å². The molecule has 2 aromatic heterocycles. The van der Waals surface area contributed by atoms with E-state index < -0.39 is 27.4 Å². The van der Waals surface area contributed by atoms with Crippen LogP contribution in [-0.2, 0) is 32.9 Å². The number of H-pyrrole nitrogens is 1. The first-order valence-corrected chi connectivity index (χ1v) is 9.12. The third-order valence-corrected chi connectivity index (χ3v) is 4.16. The Labute approximate surface area is 147 Å². The van der Waals surface area contributed by atoms with Crippen LogP contribution < -0.4 is 0 Å². The Hall–Kier alpha value is -2.73. The van der Waals surface area contributed by atoms with Crippen molar-refractivity contribution >= 4 is 10.1 Å². The van der Waals surface area contributed by atoms with E-state index in [1.165, 1.54) is 23.7 Å². The van der Waals surface area contributed by atoms with Crippen LogP contribution in [0.3, 0.4) is 0 Å². The number of aromatic amines is 1. The molecule has 0 fully saturated rings. The molecule has 9 nitrogen and oxygen atoms in total. The van der Waals surface area contributed by atoms with Crippen molar-refractivity contribution in [1.82, 2.24) is 29.9 Å². The van der Waals surface area contributed by atoms with Gasteiger partial charge < -0.3 is 0 Å². The van der Waals surface area contributed by atoms with E-state index in [0.29, 0.717) is 6.07 Å². The molecule has 0 spiro atoms. The maximum Gasteiger partial charge on any atom is 0.265 e. The number of benzene rings is 1. The molecule has 1 atom stereocenters. The first-order valence-electron chi connectivity index (χ1n) is 7.30. The van der Waals surface area contributed by atoms with Crippen LogP contribution in [0.25, 0.3) is 0 Å². The number of aromatic nitrogens is 6. The summed E-state index contributed by atoms with van der Waals surface area (Å²) in [6, 6.07) is 2.79. The first-order chi connectivity index (χ1) is 12.3. The van der Waals surface area contributed by atoms with Gasteiger partial charge in [0.05, 0.1) is 12.8 Å². The van der Waals surface area contributed by atoms with E-state index in [-0.39, 0.29) is 24.4 Å². The molecule has 12 heteroatoms. The fourth-order valence-corrected chi connectivity index (χ4v) is 3.43. The third kappa shape index (κ3) is 4.08. The summed E-state index contributed by atoms with van der Waals surface area (Å²) >= 11 is 0. The van der Waals surface area contributed by atoms with Crippen LogP contribution >= 0.6 is 0 Å². The highest BCUT2D eigenvalue weighted by molar-refractivity contribution is 7.86. The smallest absolute Gasteiger partial charge is 0.263 e. The Morgan fingerprint density at radius 1 is 1.31 bits per heavy atom. The van der Waals surface area contributed by atoms with Crippen molar-refractivity contribution in [3.8, 4) is 0 Å². The molecule has 0 aliphatic carbocycles. The van der Waals surface area contributed by atoms with Gasteiger partial charge >= 0.3 is 0 Å². The van der Waals surface area contributed by atoms with Crippen LogP contribution in [-0.4, -0.2) is 44.6 Å². The second kappa shape index (κ2) is 6.88. The van der Waals surface area contributed by atoms with Gasteiger partial charge in [-0.05, 0) is 6.07 Å². The standard InChI is InChI=1S/C14H14F2N6O3S/c1-26(23,24)25-14(5-13-18-8-19-21-13,6-22-9-17-7-20-22)11-3-2-10(15)4-12(11)16/h2-4,7-9H,5-6H2,1H3,(H,18,19,21). The fourth-order valence-electron chi connectivity index (χ4n) is 2.65. The number of nitrogens with one attached hydrogen (secondary N) is 1. The summed E-state index contributed by atoms with van der Waals surface area (Å²) in [5.41, 5.74) is -1.96. The maximum atomic E-state index is 14.6. The van der Waals surface area contributed by atoms with Crippen LogP contribution in [0.2, 0.25) is 0 Å². The van der Waals surface area contributed by atoms with Crippen LogP contribution in [0.1, 0.15) is 11.4 Å². The van der Waals surface area contributed by atoms with Gasteiger partial charge in [-0.25, -0.2) is 23.4 Å². The average molecular weight is 384 g/mol. The summed E-state index contributed by atoms with van der Waals surface area (Å²) in [7, 11) is -4.05. The van der Waals surface area contributed by atoms with E-state index in [1.807, 2.05) is 0 Å². The topological polar surface area (TPSA) is 116 Å². The van der Waals surface area contributed by atoms with E-state index in [9.17, 15) is 17.2 Å². The van der Waals surface area contributed by atoms with Crippen LogP contribution in [0, 0.1) is 11.6 Å². The predicted octanol–water partition coefficient (Wildman–Crippen LogP) is 0.789. The van der Waals surface area contributed by atoms with Crippen molar-refractivity contribution in [2.75, 3.05) is 6.26 Å². The van der Waals surface area contributed by atoms with E-state index in [1.54, 1.807) is 0 Å². The Morgan fingerprint density at radius 2 is 2.12 bits per heavy atom. The summed E-state index contributed by atoms with van der Waals surface area (Å²) in [6.07, 6.45) is 4.42. The molecule has 26 heavy (non-hydrogen) atoms. The maximum absolute atomic E-state index is 14.6. The molecule has 3 rings (SSSR count). The molecule has 0 aliphatic rings. The van der Waals surface area contributed by atoms with E-state index in [0.717, 1.165) is 18.4 Å². The summed E-state index contributed by atoms with van der Waals surface area (Å²) in [4.78, 5) is 7.74. The second-order valence-electron chi connectivity index (χ2n) is 5.61. The Bertz CT molecular complexity index is 940. The molecular weight excluding hydrogens is 370 g/mol. The number of hydrogen-bond donors (Lipinski definition) is 1. The minimum atomic E-state index is -4.05. The van der Waals surface area contributed by atoms with E-state index in [2.05, 4.69) is 25.3 Å². The van der Waals surface area contributed by atoms with Crippen molar-refractivity contribution in [3.05, 3.63) is 60.2 Å². The quantitative estimate of drug-likeness (QED) is 0.599. The van der Waals surface area contributed by atoms with Crippen molar-refractivity contribution in [3.63, 3.8) is 0 Å². The Morgan fingerprint density at radius 3 is 2.69 bits per heavy atom. The summed E-state index contributed by atoms with van der Waals surface area (Å²) < 4.78 is 58.4. The predicted molar refractivity (Wildman–Crippen MR) is 84.1 cm³/mol. The summed E-state index contributed by atoms with van der Waals surface area (Å²) in [5.74, 6) is -1.52. The van der Waals surface area contributed by atoms with Gasteiger partial charge in [-0.2, -0.15) is 18.6 Å². The lowest BCUT2D eigenvalue weighted by Crippen LogP contribution is -2.40. The molecular formula is C14H14F2N6O3S. The monoisotopic (exact) mass is 384 g/mol. The molecule has 0 bridgehead atoms. The molecule has 2 heterocycles. The fraction of sp³-hybridized carbons (Fsp3) is 0.286. The highest BCUT2D eigenvalue weighted by Gasteiger charge is 2.41. The normalized spacial score (nSPS) is 14.3. The second-order valence-corrected chi connectivity index (χ2v) is 7.18. The van der Waals surface area contributed by atoms with E-state index >= 15 is 0 Å². The zero-order valence-electron chi connectivity index (χ0n) is 13.5. The van der Waals surface area contributed by atoms with Crippen molar-refractivity contribution in [2.24, 2.45) is 0 Å². The molecule has 0 aliphatic heterocycles. The molecule has 1 N–H and O–H groups in total. The summed E-state index contributed by atoms with van der Waals surface area (Å²) in [6.45, 7) is -0.219. The molecule has 0 amide bonds. The van der Waals surface area contributed by atoms with Crippen molar-refractivity contribution in [2.45, 2.75) is 18.6 Å². The largest absolute Gasteiger partial charge is 0.265 e. The van der Waals surface area contributed by atoms with Gasteiger partial charge in [-0.1, -0.05) is 6.07 Å². The van der Waals surface area contributed by atoms with Gasteiger partial charge in [-0.15, -0.1) is 0 Å². The zero-order valence-corrected chi connectivity index (χ0v) is 14.3. The van der Waals surface area contributed by atoms with Gasteiger partial charge in [0.15, 0.2) is 0 Å². The molecule has 3 aromatic rings. The first kappa shape index (κ1) is 18.1. The SMILES string of the molecule is CS(=O)(=O)OC(Cc1ncn[nH]1)(Cn1cncn1)c1ccc(F)cc1F. The lowest BCUT2D eigenvalue weighted by atomic mass is 9.89. The minimum Gasteiger partial charge on any atom is -0.263 e. The molecule has 138 valence electrons. The number of hydrogen-bond acceptors (Lipinski definition) is 7. The molecule has 0 radical (unpaired) electrons. The van der Waals surface area contributed by atoms with E-state index in [4.69, 9.17) is 4.18 Å². The number of halogens is 2. The van der Waals surface area contributed by atoms with Crippen LogP contribution in [0.15, 0.2) is 37.2 Å². The van der Waals surface area contributed by atoms with Gasteiger partial charge in [0.25, 0.3) is 10.1 Å². The highest BCUT2D eigenvalue weighted by atomic mass is 32.2. The Balaban J connectivity index is 2.18. The lowest BCUT2D eigenvalue weighted by molar-refractivity contribution is 0.0460. The van der Waals surface area contributed by atoms with Crippen molar-refractivity contribution < 1.29 is 21.4 Å². The third-order valence-electron chi connectivity index (χ3n) is 3.53. The van der Waals surface area contributed by atoms with Gasteiger partial charge in [0, 0.05) is 18.1 Å². The zero-order chi connectivity index (χ0) is 18.8. The molecule has 0 saturated carbocycles. The molecule has 0 saturated heterocycles. The Kier molecular flexibility index (Phi) is 4.78. The highest BCUT2D eigenvalue weighted by Crippen LogP contribution is 2.34. The van der Waals surface area contributed by atoms with Gasteiger partial charge in [0.2, 0.25) is 0 Å². The van der Waals surface area contributed by atoms with Crippen LogP contribution in [0.5, 0.6) is 0 Å². The molecule has 1 unspecified atom stereocenters. The van der Waals surface area contributed by atoms with Crippen molar-refractivity contribution in [1.29, 1.82) is 0 Å². The van der Waals surface area contributed by atoms with Crippen LogP contribution in [0.4, 0.5) is 8.78 Å². The minimum absolute atomic E-state index is 0.170. The summed E-state index contributed by atoms with van der Waals surface area (Å²) in [5, 5.41) is 10.2. The molecule has 1 aromatic carbocycles.